The highest BCUT2D eigenvalue weighted by Crippen LogP contribution is 2.22. The third kappa shape index (κ3) is 2.75. The Morgan fingerprint density at radius 3 is 2.41 bits per heavy atom. The van der Waals surface area contributed by atoms with Gasteiger partial charge in [-0.15, -0.1) is 0 Å². The summed E-state index contributed by atoms with van der Waals surface area (Å²) in [5.41, 5.74) is -0.886. The maximum absolute atomic E-state index is 11.9. The molecule has 0 bridgehead atoms. The SMILES string of the molecule is CN1CCN(C(=O)CCC(=O)O)C(C)(C)C1=O. The van der Waals surface area contributed by atoms with Crippen LogP contribution in [-0.4, -0.2) is 58.4 Å². The summed E-state index contributed by atoms with van der Waals surface area (Å²) in [6, 6.07) is 0. The van der Waals surface area contributed by atoms with Gasteiger partial charge in [0, 0.05) is 26.6 Å². The second-order valence-electron chi connectivity index (χ2n) is 4.72. The molecule has 96 valence electrons. The van der Waals surface area contributed by atoms with Gasteiger partial charge in [0.2, 0.25) is 11.8 Å². The van der Waals surface area contributed by atoms with Crippen molar-refractivity contribution in [3.8, 4) is 0 Å². The molecule has 0 spiro atoms. The van der Waals surface area contributed by atoms with Crippen molar-refractivity contribution >= 4 is 17.8 Å². The van der Waals surface area contributed by atoms with E-state index in [9.17, 15) is 14.4 Å². The number of carboxylic acid groups (broad SMARTS) is 1. The van der Waals surface area contributed by atoms with Crippen LogP contribution < -0.4 is 0 Å². The zero-order chi connectivity index (χ0) is 13.2. The Morgan fingerprint density at radius 1 is 1.29 bits per heavy atom. The van der Waals surface area contributed by atoms with Crippen LogP contribution in [0.15, 0.2) is 0 Å². The Labute approximate surface area is 100 Å². The summed E-state index contributed by atoms with van der Waals surface area (Å²) in [6.45, 7) is 4.31. The van der Waals surface area contributed by atoms with E-state index in [4.69, 9.17) is 5.11 Å². The van der Waals surface area contributed by atoms with E-state index in [2.05, 4.69) is 0 Å². The normalized spacial score (nSPS) is 19.4. The number of rotatable bonds is 3. The predicted octanol–water partition coefficient (Wildman–Crippen LogP) is -0.0696. The van der Waals surface area contributed by atoms with E-state index >= 15 is 0 Å². The lowest BCUT2D eigenvalue weighted by Gasteiger charge is -2.44. The highest BCUT2D eigenvalue weighted by molar-refractivity contribution is 5.92. The van der Waals surface area contributed by atoms with E-state index in [0.717, 1.165) is 0 Å². The monoisotopic (exact) mass is 242 g/mol. The van der Waals surface area contributed by atoms with Crippen LogP contribution in [0.25, 0.3) is 0 Å². The topological polar surface area (TPSA) is 77.9 Å². The number of likely N-dealkylation sites (N-methyl/N-ethyl adjacent to an activating group) is 1. The van der Waals surface area contributed by atoms with Crippen LogP contribution in [-0.2, 0) is 14.4 Å². The molecule has 17 heavy (non-hydrogen) atoms. The molecule has 1 aliphatic heterocycles. The Kier molecular flexibility index (Phi) is 3.75. The van der Waals surface area contributed by atoms with Crippen LogP contribution >= 0.6 is 0 Å². The second kappa shape index (κ2) is 4.73. The van der Waals surface area contributed by atoms with E-state index in [0.29, 0.717) is 13.1 Å². The molecule has 1 heterocycles. The number of aliphatic carboxylic acids is 1. The molecule has 1 aliphatic rings. The summed E-state index contributed by atoms with van der Waals surface area (Å²) < 4.78 is 0. The molecule has 1 N–H and O–H groups in total. The van der Waals surface area contributed by atoms with Gasteiger partial charge in [-0.2, -0.15) is 0 Å². The van der Waals surface area contributed by atoms with E-state index in [1.807, 2.05) is 0 Å². The second-order valence-corrected chi connectivity index (χ2v) is 4.72. The Hall–Kier alpha value is -1.59. The summed E-state index contributed by atoms with van der Waals surface area (Å²) in [6.07, 6.45) is -0.259. The first-order chi connectivity index (χ1) is 7.76. The number of hydrogen-bond donors (Lipinski definition) is 1. The molecule has 1 fully saturated rings. The molecule has 0 radical (unpaired) electrons. The molecule has 0 aliphatic carbocycles. The molecule has 2 amide bonds. The quantitative estimate of drug-likeness (QED) is 0.751. The molecule has 0 saturated carbocycles. The first-order valence-electron chi connectivity index (χ1n) is 5.54. The molecular formula is C11H18N2O4. The average Bonchev–Trinajstić information content (AvgIpc) is 2.23. The van der Waals surface area contributed by atoms with Gasteiger partial charge in [0.05, 0.1) is 6.42 Å². The number of carbonyl (C=O) groups excluding carboxylic acids is 2. The smallest absolute Gasteiger partial charge is 0.303 e. The highest BCUT2D eigenvalue weighted by Gasteiger charge is 2.42. The highest BCUT2D eigenvalue weighted by atomic mass is 16.4. The molecular weight excluding hydrogens is 224 g/mol. The Morgan fingerprint density at radius 2 is 1.88 bits per heavy atom. The number of carbonyl (C=O) groups is 3. The zero-order valence-corrected chi connectivity index (χ0v) is 10.4. The van der Waals surface area contributed by atoms with Gasteiger partial charge in [-0.25, -0.2) is 0 Å². The lowest BCUT2D eigenvalue weighted by atomic mass is 9.97. The van der Waals surface area contributed by atoms with Crippen LogP contribution in [0.4, 0.5) is 0 Å². The van der Waals surface area contributed by atoms with Crippen molar-refractivity contribution in [1.82, 2.24) is 9.80 Å². The number of nitrogens with zero attached hydrogens (tertiary/aromatic N) is 2. The van der Waals surface area contributed by atoms with Crippen molar-refractivity contribution in [3.05, 3.63) is 0 Å². The van der Waals surface area contributed by atoms with Crippen LogP contribution in [0.1, 0.15) is 26.7 Å². The lowest BCUT2D eigenvalue weighted by molar-refractivity contribution is -0.157. The van der Waals surface area contributed by atoms with Gasteiger partial charge in [0.15, 0.2) is 0 Å². The molecule has 0 aromatic heterocycles. The molecule has 6 nitrogen and oxygen atoms in total. The standard InChI is InChI=1S/C11H18N2O4/c1-11(2)10(17)12(3)6-7-13(11)8(14)4-5-9(15)16/h4-7H2,1-3H3,(H,15,16). The number of piperazine rings is 1. The summed E-state index contributed by atoms with van der Waals surface area (Å²) in [4.78, 5) is 37.3. The average molecular weight is 242 g/mol. The van der Waals surface area contributed by atoms with E-state index in [1.165, 1.54) is 4.90 Å². The van der Waals surface area contributed by atoms with Gasteiger partial charge < -0.3 is 14.9 Å². The van der Waals surface area contributed by atoms with Gasteiger partial charge >= 0.3 is 5.97 Å². The minimum Gasteiger partial charge on any atom is -0.481 e. The fourth-order valence-corrected chi connectivity index (χ4v) is 2.00. The minimum absolute atomic E-state index is 0.0598. The van der Waals surface area contributed by atoms with Gasteiger partial charge in [-0.1, -0.05) is 0 Å². The van der Waals surface area contributed by atoms with Crippen molar-refractivity contribution in [3.63, 3.8) is 0 Å². The molecule has 0 aromatic rings. The van der Waals surface area contributed by atoms with Gasteiger partial charge in [-0.05, 0) is 13.8 Å². The molecule has 6 heteroatoms. The van der Waals surface area contributed by atoms with E-state index < -0.39 is 11.5 Å². The largest absolute Gasteiger partial charge is 0.481 e. The Bertz CT molecular complexity index is 351. The molecule has 1 rings (SSSR count). The van der Waals surface area contributed by atoms with Crippen molar-refractivity contribution in [2.45, 2.75) is 32.2 Å². The van der Waals surface area contributed by atoms with E-state index in [-0.39, 0.29) is 24.7 Å². The zero-order valence-electron chi connectivity index (χ0n) is 10.4. The fourth-order valence-electron chi connectivity index (χ4n) is 2.00. The summed E-state index contributed by atoms with van der Waals surface area (Å²) in [7, 11) is 1.70. The van der Waals surface area contributed by atoms with Crippen LogP contribution in [0.3, 0.4) is 0 Å². The van der Waals surface area contributed by atoms with Crippen molar-refractivity contribution in [2.24, 2.45) is 0 Å². The first-order valence-corrected chi connectivity index (χ1v) is 5.54. The van der Waals surface area contributed by atoms with Crippen molar-refractivity contribution in [2.75, 3.05) is 20.1 Å². The fraction of sp³-hybridized carbons (Fsp3) is 0.727. The third-order valence-electron chi connectivity index (χ3n) is 3.06. The minimum atomic E-state index is -1.00. The molecule has 0 unspecified atom stereocenters. The van der Waals surface area contributed by atoms with Gasteiger partial charge in [0.1, 0.15) is 5.54 Å². The third-order valence-corrected chi connectivity index (χ3v) is 3.06. The lowest BCUT2D eigenvalue weighted by Crippen LogP contribution is -2.63. The summed E-state index contributed by atoms with van der Waals surface area (Å²) in [5.74, 6) is -1.40. The number of carboxylic acids is 1. The number of amides is 2. The van der Waals surface area contributed by atoms with Crippen LogP contribution in [0, 0.1) is 0 Å². The van der Waals surface area contributed by atoms with Crippen LogP contribution in [0.2, 0.25) is 0 Å². The summed E-state index contributed by atoms with van der Waals surface area (Å²) in [5, 5.41) is 8.54. The number of hydrogen-bond acceptors (Lipinski definition) is 3. The van der Waals surface area contributed by atoms with E-state index in [1.54, 1.807) is 25.8 Å². The van der Waals surface area contributed by atoms with Crippen molar-refractivity contribution in [1.29, 1.82) is 0 Å². The maximum Gasteiger partial charge on any atom is 0.303 e. The molecule has 0 atom stereocenters. The molecule has 1 saturated heterocycles. The van der Waals surface area contributed by atoms with Crippen LogP contribution in [0.5, 0.6) is 0 Å². The predicted molar refractivity (Wildman–Crippen MR) is 60.3 cm³/mol. The van der Waals surface area contributed by atoms with Gasteiger partial charge in [0.25, 0.3) is 0 Å². The summed E-state index contributed by atoms with van der Waals surface area (Å²) >= 11 is 0. The maximum atomic E-state index is 11.9. The van der Waals surface area contributed by atoms with Gasteiger partial charge in [-0.3, -0.25) is 14.4 Å². The Balaban J connectivity index is 2.73. The molecule has 0 aromatic carbocycles. The first kappa shape index (κ1) is 13.5. The van der Waals surface area contributed by atoms with Crippen molar-refractivity contribution < 1.29 is 19.5 Å².